The SMILES string of the molecule is C=C(C)CCc1ccc(O)c(CCC(=C)C)c1CCC(=C)C. The Kier molecular flexibility index (Phi) is 7.17. The molecular formula is C21H30O. The fourth-order valence-electron chi connectivity index (χ4n) is 2.58. The van der Waals surface area contributed by atoms with E-state index in [-0.39, 0.29) is 0 Å². The van der Waals surface area contributed by atoms with Crippen molar-refractivity contribution in [3.63, 3.8) is 0 Å². The van der Waals surface area contributed by atoms with Gasteiger partial charge < -0.3 is 5.11 Å². The predicted molar refractivity (Wildman–Crippen MR) is 97.5 cm³/mol. The number of rotatable bonds is 9. The molecule has 0 aliphatic rings. The van der Waals surface area contributed by atoms with Gasteiger partial charge in [-0.15, -0.1) is 19.7 Å². The summed E-state index contributed by atoms with van der Waals surface area (Å²) >= 11 is 0. The van der Waals surface area contributed by atoms with E-state index in [0.717, 1.165) is 49.7 Å². The van der Waals surface area contributed by atoms with E-state index in [1.165, 1.54) is 22.3 Å². The molecular weight excluding hydrogens is 268 g/mol. The van der Waals surface area contributed by atoms with Gasteiger partial charge in [0.05, 0.1) is 0 Å². The normalized spacial score (nSPS) is 10.5. The van der Waals surface area contributed by atoms with Gasteiger partial charge in [0.2, 0.25) is 0 Å². The van der Waals surface area contributed by atoms with E-state index in [9.17, 15) is 5.11 Å². The third-order valence-corrected chi connectivity index (χ3v) is 3.93. The molecule has 0 fully saturated rings. The second kappa shape index (κ2) is 8.63. The summed E-state index contributed by atoms with van der Waals surface area (Å²) in [5.74, 6) is 0.414. The Balaban J connectivity index is 3.12. The molecule has 1 aromatic carbocycles. The second-order valence-corrected chi connectivity index (χ2v) is 6.57. The quantitative estimate of drug-likeness (QED) is 0.561. The molecule has 0 unspecified atom stereocenters. The third-order valence-electron chi connectivity index (χ3n) is 3.93. The third kappa shape index (κ3) is 5.93. The molecule has 1 heteroatoms. The topological polar surface area (TPSA) is 20.2 Å². The van der Waals surface area contributed by atoms with Crippen molar-refractivity contribution in [2.75, 3.05) is 0 Å². The van der Waals surface area contributed by atoms with E-state index in [4.69, 9.17) is 0 Å². The van der Waals surface area contributed by atoms with Gasteiger partial charge in [-0.25, -0.2) is 0 Å². The molecule has 1 nitrogen and oxygen atoms in total. The van der Waals surface area contributed by atoms with Crippen LogP contribution in [-0.4, -0.2) is 5.11 Å². The number of phenolic OH excluding ortho intramolecular Hbond substituents is 1. The van der Waals surface area contributed by atoms with Gasteiger partial charge in [-0.3, -0.25) is 0 Å². The number of aryl methyl sites for hydroxylation is 1. The van der Waals surface area contributed by atoms with Crippen molar-refractivity contribution in [2.45, 2.75) is 59.3 Å². The van der Waals surface area contributed by atoms with Gasteiger partial charge in [0.1, 0.15) is 5.75 Å². The molecule has 0 aliphatic heterocycles. The maximum atomic E-state index is 10.3. The molecule has 0 saturated carbocycles. The number of allylic oxidation sites excluding steroid dienone is 3. The summed E-state index contributed by atoms with van der Waals surface area (Å²) in [7, 11) is 0. The summed E-state index contributed by atoms with van der Waals surface area (Å²) in [5, 5.41) is 10.3. The van der Waals surface area contributed by atoms with Crippen LogP contribution in [-0.2, 0) is 19.3 Å². The zero-order valence-corrected chi connectivity index (χ0v) is 14.5. The standard InChI is InChI=1S/C21H30O/c1-15(2)7-10-18-11-14-21(22)20(13-9-17(5)6)19(18)12-8-16(3)4/h11,14,22H,1,3,5,7-10,12-13H2,2,4,6H3. The van der Waals surface area contributed by atoms with Crippen molar-refractivity contribution < 1.29 is 5.11 Å². The summed E-state index contributed by atoms with van der Waals surface area (Å²) in [5.41, 5.74) is 7.24. The molecule has 22 heavy (non-hydrogen) atoms. The monoisotopic (exact) mass is 298 g/mol. The summed E-state index contributed by atoms with van der Waals surface area (Å²) in [6.07, 6.45) is 5.65. The molecule has 120 valence electrons. The molecule has 0 amide bonds. The lowest BCUT2D eigenvalue weighted by molar-refractivity contribution is 0.466. The first-order chi connectivity index (χ1) is 10.3. The lowest BCUT2D eigenvalue weighted by Gasteiger charge is -2.17. The zero-order chi connectivity index (χ0) is 16.7. The van der Waals surface area contributed by atoms with Crippen LogP contribution < -0.4 is 0 Å². The highest BCUT2D eigenvalue weighted by molar-refractivity contribution is 5.45. The molecule has 0 heterocycles. The van der Waals surface area contributed by atoms with Crippen molar-refractivity contribution in [3.8, 4) is 5.75 Å². The van der Waals surface area contributed by atoms with Gasteiger partial charge in [-0.1, -0.05) is 22.8 Å². The van der Waals surface area contributed by atoms with Gasteiger partial charge >= 0.3 is 0 Å². The van der Waals surface area contributed by atoms with E-state index >= 15 is 0 Å². The fourth-order valence-corrected chi connectivity index (χ4v) is 2.58. The van der Waals surface area contributed by atoms with Crippen LogP contribution in [0, 0.1) is 0 Å². The van der Waals surface area contributed by atoms with Crippen LogP contribution in [0.3, 0.4) is 0 Å². The maximum absolute atomic E-state index is 10.3. The van der Waals surface area contributed by atoms with Crippen molar-refractivity contribution in [1.82, 2.24) is 0 Å². The van der Waals surface area contributed by atoms with E-state index in [0.29, 0.717) is 5.75 Å². The largest absolute Gasteiger partial charge is 0.508 e. The highest BCUT2D eigenvalue weighted by Crippen LogP contribution is 2.30. The highest BCUT2D eigenvalue weighted by Gasteiger charge is 2.13. The van der Waals surface area contributed by atoms with Gasteiger partial charge in [0.15, 0.2) is 0 Å². The predicted octanol–water partition coefficient (Wildman–Crippen LogP) is 5.92. The van der Waals surface area contributed by atoms with Crippen molar-refractivity contribution in [1.29, 1.82) is 0 Å². The summed E-state index contributed by atoms with van der Waals surface area (Å²) in [6.45, 7) is 18.1. The van der Waals surface area contributed by atoms with E-state index in [1.807, 2.05) is 13.0 Å². The van der Waals surface area contributed by atoms with Crippen LogP contribution in [0.1, 0.15) is 56.7 Å². The van der Waals surface area contributed by atoms with Crippen LogP contribution >= 0.6 is 0 Å². The average molecular weight is 298 g/mol. The second-order valence-electron chi connectivity index (χ2n) is 6.57. The minimum atomic E-state index is 0.414. The summed E-state index contributed by atoms with van der Waals surface area (Å²) in [6, 6.07) is 3.90. The highest BCUT2D eigenvalue weighted by atomic mass is 16.3. The van der Waals surface area contributed by atoms with Crippen LogP contribution in [0.15, 0.2) is 48.6 Å². The smallest absolute Gasteiger partial charge is 0.119 e. The Morgan fingerprint density at radius 3 is 1.73 bits per heavy atom. The van der Waals surface area contributed by atoms with E-state index < -0.39 is 0 Å². The van der Waals surface area contributed by atoms with Crippen molar-refractivity contribution >= 4 is 0 Å². The van der Waals surface area contributed by atoms with Crippen LogP contribution in [0.25, 0.3) is 0 Å². The molecule has 0 aliphatic carbocycles. The van der Waals surface area contributed by atoms with E-state index in [2.05, 4.69) is 39.7 Å². The lowest BCUT2D eigenvalue weighted by Crippen LogP contribution is -2.03. The number of hydrogen-bond donors (Lipinski definition) is 1. The molecule has 1 rings (SSSR count). The Morgan fingerprint density at radius 2 is 1.23 bits per heavy atom. The van der Waals surface area contributed by atoms with E-state index in [1.54, 1.807) is 0 Å². The summed E-state index contributed by atoms with van der Waals surface area (Å²) in [4.78, 5) is 0. The van der Waals surface area contributed by atoms with Crippen LogP contribution in [0.2, 0.25) is 0 Å². The Bertz CT molecular complexity index is 564. The molecule has 0 saturated heterocycles. The average Bonchev–Trinajstić information content (AvgIpc) is 2.42. The maximum Gasteiger partial charge on any atom is 0.119 e. The number of hydrogen-bond acceptors (Lipinski definition) is 1. The van der Waals surface area contributed by atoms with Crippen molar-refractivity contribution in [3.05, 3.63) is 65.3 Å². The Labute approximate surface area is 136 Å². The number of phenols is 1. The molecule has 1 aromatic rings. The van der Waals surface area contributed by atoms with Gasteiger partial charge in [0, 0.05) is 0 Å². The number of benzene rings is 1. The Morgan fingerprint density at radius 1 is 0.773 bits per heavy atom. The van der Waals surface area contributed by atoms with Gasteiger partial charge in [-0.2, -0.15) is 0 Å². The zero-order valence-electron chi connectivity index (χ0n) is 14.5. The molecule has 1 N–H and O–H groups in total. The first-order valence-corrected chi connectivity index (χ1v) is 8.07. The molecule has 0 bridgehead atoms. The first kappa shape index (κ1) is 18.3. The molecule has 0 spiro atoms. The molecule has 0 aromatic heterocycles. The lowest BCUT2D eigenvalue weighted by atomic mass is 9.89. The fraction of sp³-hybridized carbons (Fsp3) is 0.429. The molecule has 0 atom stereocenters. The number of aromatic hydroxyl groups is 1. The van der Waals surface area contributed by atoms with Crippen molar-refractivity contribution in [2.24, 2.45) is 0 Å². The summed E-state index contributed by atoms with van der Waals surface area (Å²) < 4.78 is 0. The van der Waals surface area contributed by atoms with Crippen LogP contribution in [0.4, 0.5) is 0 Å². The first-order valence-electron chi connectivity index (χ1n) is 8.07. The minimum Gasteiger partial charge on any atom is -0.508 e. The van der Waals surface area contributed by atoms with Gasteiger partial charge in [-0.05, 0) is 82.1 Å². The Hall–Kier alpha value is -1.76. The van der Waals surface area contributed by atoms with Gasteiger partial charge in [0.25, 0.3) is 0 Å². The minimum absolute atomic E-state index is 0.414. The van der Waals surface area contributed by atoms with Crippen LogP contribution in [0.5, 0.6) is 5.75 Å². The molecule has 0 radical (unpaired) electrons.